The molecule has 7 heteroatoms. The Kier molecular flexibility index (Phi) is 5.40. The number of rotatable bonds is 4. The number of aromatic nitrogens is 1. The van der Waals surface area contributed by atoms with E-state index in [1.54, 1.807) is 30.5 Å². The fraction of sp³-hybridized carbons (Fsp3) is 0.105. The quantitative estimate of drug-likeness (QED) is 0.714. The predicted octanol–water partition coefficient (Wildman–Crippen LogP) is 4.53. The van der Waals surface area contributed by atoms with Gasteiger partial charge in [0.05, 0.1) is 21.9 Å². The maximum absolute atomic E-state index is 12.5. The number of pyridine rings is 1. The van der Waals surface area contributed by atoms with Crippen LogP contribution in [0.3, 0.4) is 0 Å². The largest absolute Gasteiger partial charge is 0.323 e. The van der Waals surface area contributed by atoms with Gasteiger partial charge in [0.15, 0.2) is 0 Å². The second kappa shape index (κ2) is 7.72. The van der Waals surface area contributed by atoms with Crippen LogP contribution < -0.4 is 10.2 Å². The van der Waals surface area contributed by atoms with Crippen molar-refractivity contribution in [2.45, 2.75) is 6.92 Å². The van der Waals surface area contributed by atoms with Crippen molar-refractivity contribution in [3.05, 3.63) is 64.8 Å². The maximum Gasteiger partial charge on any atom is 0.244 e. The lowest BCUT2D eigenvalue weighted by molar-refractivity contribution is -0.120. The SMILES string of the molecule is CC(=O)N(CC(=O)Nc1cccc2cccnc12)c1cc(Cl)ccc1Cl. The zero-order valence-electron chi connectivity index (χ0n) is 13.9. The van der Waals surface area contributed by atoms with E-state index in [1.165, 1.54) is 11.8 Å². The van der Waals surface area contributed by atoms with Gasteiger partial charge in [-0.3, -0.25) is 14.6 Å². The molecule has 0 unspecified atom stereocenters. The van der Waals surface area contributed by atoms with Crippen molar-refractivity contribution in [2.24, 2.45) is 0 Å². The predicted molar refractivity (Wildman–Crippen MR) is 105 cm³/mol. The number of nitrogens with zero attached hydrogens (tertiary/aromatic N) is 2. The van der Waals surface area contributed by atoms with E-state index in [1.807, 2.05) is 24.3 Å². The summed E-state index contributed by atoms with van der Waals surface area (Å²) in [5, 5.41) is 4.47. The third-order valence-corrected chi connectivity index (χ3v) is 4.34. The summed E-state index contributed by atoms with van der Waals surface area (Å²) in [4.78, 5) is 30.2. The Labute approximate surface area is 160 Å². The van der Waals surface area contributed by atoms with E-state index in [-0.39, 0.29) is 18.4 Å². The van der Waals surface area contributed by atoms with Crippen LogP contribution in [0.15, 0.2) is 54.7 Å². The highest BCUT2D eigenvalue weighted by Crippen LogP contribution is 2.29. The van der Waals surface area contributed by atoms with E-state index in [0.29, 0.717) is 26.9 Å². The van der Waals surface area contributed by atoms with Crippen molar-refractivity contribution < 1.29 is 9.59 Å². The molecule has 0 aliphatic rings. The Morgan fingerprint density at radius 3 is 2.65 bits per heavy atom. The van der Waals surface area contributed by atoms with E-state index in [0.717, 1.165) is 5.39 Å². The van der Waals surface area contributed by atoms with Gasteiger partial charge < -0.3 is 10.2 Å². The number of carbonyl (C=O) groups is 2. The Balaban J connectivity index is 1.85. The van der Waals surface area contributed by atoms with Gasteiger partial charge in [-0.05, 0) is 30.3 Å². The zero-order valence-corrected chi connectivity index (χ0v) is 15.4. The molecule has 3 aromatic rings. The van der Waals surface area contributed by atoms with Crippen LogP contribution >= 0.6 is 23.2 Å². The van der Waals surface area contributed by atoms with Crippen molar-refractivity contribution in [2.75, 3.05) is 16.8 Å². The van der Waals surface area contributed by atoms with Crippen LogP contribution in [0.4, 0.5) is 11.4 Å². The molecule has 0 saturated carbocycles. The minimum absolute atomic E-state index is 0.196. The summed E-state index contributed by atoms with van der Waals surface area (Å²) in [7, 11) is 0. The molecule has 132 valence electrons. The fourth-order valence-electron chi connectivity index (χ4n) is 2.60. The molecule has 0 bridgehead atoms. The van der Waals surface area contributed by atoms with E-state index in [2.05, 4.69) is 10.3 Å². The monoisotopic (exact) mass is 387 g/mol. The highest BCUT2D eigenvalue weighted by molar-refractivity contribution is 6.36. The summed E-state index contributed by atoms with van der Waals surface area (Å²) in [6, 6.07) is 14.0. The number of benzene rings is 2. The van der Waals surface area contributed by atoms with Crippen LogP contribution in [0.1, 0.15) is 6.92 Å². The van der Waals surface area contributed by atoms with Gasteiger partial charge in [-0.1, -0.05) is 41.4 Å². The highest BCUT2D eigenvalue weighted by atomic mass is 35.5. The molecule has 0 spiro atoms. The number of amides is 2. The molecule has 0 radical (unpaired) electrons. The molecule has 5 nitrogen and oxygen atoms in total. The first-order chi connectivity index (χ1) is 12.5. The van der Waals surface area contributed by atoms with Gasteiger partial charge >= 0.3 is 0 Å². The second-order valence-electron chi connectivity index (χ2n) is 5.63. The van der Waals surface area contributed by atoms with Crippen LogP contribution in [0.2, 0.25) is 10.0 Å². The van der Waals surface area contributed by atoms with Crippen LogP contribution in [0.25, 0.3) is 10.9 Å². The molecule has 0 aliphatic carbocycles. The number of hydrogen-bond donors (Lipinski definition) is 1. The molecule has 1 aromatic heterocycles. The average Bonchev–Trinajstić information content (AvgIpc) is 2.62. The standard InChI is InChI=1S/C19H15Cl2N3O2/c1-12(25)24(17-10-14(20)7-8-15(17)21)11-18(26)23-16-6-2-4-13-5-3-9-22-19(13)16/h2-10H,11H2,1H3,(H,23,26). The first kappa shape index (κ1) is 18.2. The minimum atomic E-state index is -0.366. The van der Waals surface area contributed by atoms with Gasteiger partial charge in [0, 0.05) is 23.5 Å². The molecule has 0 atom stereocenters. The second-order valence-corrected chi connectivity index (χ2v) is 6.47. The van der Waals surface area contributed by atoms with Gasteiger partial charge in [0.25, 0.3) is 0 Å². The minimum Gasteiger partial charge on any atom is -0.323 e. The molecular formula is C19H15Cl2N3O2. The fourth-order valence-corrected chi connectivity index (χ4v) is 2.98. The Morgan fingerprint density at radius 2 is 1.88 bits per heavy atom. The number of halogens is 2. The normalized spacial score (nSPS) is 10.6. The Bertz CT molecular complexity index is 986. The Hall–Kier alpha value is -2.63. The molecule has 1 heterocycles. The number of carbonyl (C=O) groups excluding carboxylic acids is 2. The maximum atomic E-state index is 12.5. The molecule has 1 N–H and O–H groups in total. The number of nitrogens with one attached hydrogen (secondary N) is 1. The van der Waals surface area contributed by atoms with Crippen LogP contribution in [-0.2, 0) is 9.59 Å². The van der Waals surface area contributed by atoms with E-state index in [9.17, 15) is 9.59 Å². The van der Waals surface area contributed by atoms with Crippen molar-refractivity contribution in [1.82, 2.24) is 4.98 Å². The number of hydrogen-bond acceptors (Lipinski definition) is 3. The van der Waals surface area contributed by atoms with Gasteiger partial charge in [0.2, 0.25) is 11.8 Å². The molecular weight excluding hydrogens is 373 g/mol. The lowest BCUT2D eigenvalue weighted by Gasteiger charge is -2.22. The molecule has 2 amide bonds. The lowest BCUT2D eigenvalue weighted by Crippen LogP contribution is -2.36. The van der Waals surface area contributed by atoms with Crippen LogP contribution in [0.5, 0.6) is 0 Å². The first-order valence-electron chi connectivity index (χ1n) is 7.82. The molecule has 0 saturated heterocycles. The molecule has 26 heavy (non-hydrogen) atoms. The molecule has 3 rings (SSSR count). The van der Waals surface area contributed by atoms with Crippen LogP contribution in [0, 0.1) is 0 Å². The van der Waals surface area contributed by atoms with E-state index < -0.39 is 0 Å². The summed E-state index contributed by atoms with van der Waals surface area (Å²) >= 11 is 12.2. The lowest BCUT2D eigenvalue weighted by atomic mass is 10.2. The summed E-state index contributed by atoms with van der Waals surface area (Å²) < 4.78 is 0. The number of para-hydroxylation sites is 1. The van der Waals surface area contributed by atoms with Crippen molar-refractivity contribution in [3.8, 4) is 0 Å². The van der Waals surface area contributed by atoms with Gasteiger partial charge in [0.1, 0.15) is 6.54 Å². The van der Waals surface area contributed by atoms with Gasteiger partial charge in [-0.2, -0.15) is 0 Å². The van der Waals surface area contributed by atoms with E-state index >= 15 is 0 Å². The van der Waals surface area contributed by atoms with Crippen LogP contribution in [-0.4, -0.2) is 23.3 Å². The van der Waals surface area contributed by atoms with Crippen molar-refractivity contribution in [3.63, 3.8) is 0 Å². The smallest absolute Gasteiger partial charge is 0.244 e. The summed E-state index contributed by atoms with van der Waals surface area (Å²) in [5.41, 5.74) is 1.64. The number of fused-ring (bicyclic) bond motifs is 1. The van der Waals surface area contributed by atoms with Crippen molar-refractivity contribution in [1.29, 1.82) is 0 Å². The highest BCUT2D eigenvalue weighted by Gasteiger charge is 2.19. The third kappa shape index (κ3) is 3.95. The number of anilines is 2. The van der Waals surface area contributed by atoms with E-state index in [4.69, 9.17) is 23.2 Å². The molecule has 2 aromatic carbocycles. The molecule has 0 aliphatic heterocycles. The first-order valence-corrected chi connectivity index (χ1v) is 8.58. The summed E-state index contributed by atoms with van der Waals surface area (Å²) in [5.74, 6) is -0.685. The summed E-state index contributed by atoms with van der Waals surface area (Å²) in [6.07, 6.45) is 1.66. The third-order valence-electron chi connectivity index (χ3n) is 3.79. The van der Waals surface area contributed by atoms with Gasteiger partial charge in [-0.25, -0.2) is 0 Å². The van der Waals surface area contributed by atoms with Crippen molar-refractivity contribution >= 4 is 57.3 Å². The molecule has 0 fully saturated rings. The van der Waals surface area contributed by atoms with Gasteiger partial charge in [-0.15, -0.1) is 0 Å². The zero-order chi connectivity index (χ0) is 18.7. The topological polar surface area (TPSA) is 62.3 Å². The summed E-state index contributed by atoms with van der Waals surface area (Å²) in [6.45, 7) is 1.17. The average molecular weight is 388 g/mol. The Morgan fingerprint density at radius 1 is 1.12 bits per heavy atom.